The normalized spacial score (nSPS) is 22.6. The fraction of sp³-hybridized carbons (Fsp3) is 0.560. The van der Waals surface area contributed by atoms with Crippen molar-refractivity contribution in [1.29, 1.82) is 0 Å². The highest BCUT2D eigenvalue weighted by molar-refractivity contribution is 5.88. The van der Waals surface area contributed by atoms with Gasteiger partial charge in [0.2, 0.25) is 11.8 Å². The molecule has 7 heteroatoms. The van der Waals surface area contributed by atoms with Gasteiger partial charge in [0, 0.05) is 11.5 Å². The third kappa shape index (κ3) is 4.88. The molecule has 2 aromatic rings. The molecule has 7 nitrogen and oxygen atoms in total. The molecule has 0 bridgehead atoms. The van der Waals surface area contributed by atoms with E-state index in [1.54, 1.807) is 0 Å². The van der Waals surface area contributed by atoms with Crippen LogP contribution in [0.5, 0.6) is 0 Å². The number of oxazole rings is 1. The van der Waals surface area contributed by atoms with Crippen LogP contribution in [0.1, 0.15) is 68.4 Å². The Morgan fingerprint density at radius 3 is 2.56 bits per heavy atom. The number of aliphatic carboxylic acids is 1. The molecule has 1 amide bonds. The Morgan fingerprint density at radius 2 is 1.88 bits per heavy atom. The van der Waals surface area contributed by atoms with Crippen LogP contribution in [-0.2, 0) is 20.9 Å². The van der Waals surface area contributed by atoms with Crippen molar-refractivity contribution >= 4 is 11.9 Å². The van der Waals surface area contributed by atoms with Gasteiger partial charge in [0.1, 0.15) is 17.0 Å². The van der Waals surface area contributed by atoms with E-state index in [2.05, 4.69) is 10.3 Å². The molecule has 2 aliphatic carbocycles. The number of ether oxygens (including phenoxy) is 1. The molecule has 0 saturated heterocycles. The molecule has 2 aliphatic rings. The Hall–Kier alpha value is -2.67. The van der Waals surface area contributed by atoms with Crippen molar-refractivity contribution in [3.63, 3.8) is 0 Å². The van der Waals surface area contributed by atoms with Crippen LogP contribution in [0.2, 0.25) is 0 Å². The Bertz CT molecular complexity index is 959. The molecule has 4 rings (SSSR count). The SMILES string of the molecule is Cc1ccc(-c2nc(COC3CCCC(C(=O)NC4(C(=O)O)CCCC4)C3)c(C)o2)cc1. The first-order valence-electron chi connectivity index (χ1n) is 11.6. The van der Waals surface area contributed by atoms with Crippen molar-refractivity contribution < 1.29 is 23.8 Å². The quantitative estimate of drug-likeness (QED) is 0.655. The molecule has 1 aromatic carbocycles. The molecular weight excluding hydrogens is 408 g/mol. The number of carbonyl (C=O) groups is 2. The smallest absolute Gasteiger partial charge is 0.329 e. The van der Waals surface area contributed by atoms with Gasteiger partial charge in [0.15, 0.2) is 0 Å². The lowest BCUT2D eigenvalue weighted by atomic mass is 9.85. The number of benzene rings is 1. The molecule has 2 atom stereocenters. The van der Waals surface area contributed by atoms with Gasteiger partial charge in [0.05, 0.1) is 12.7 Å². The lowest BCUT2D eigenvalue weighted by Crippen LogP contribution is -2.54. The summed E-state index contributed by atoms with van der Waals surface area (Å²) in [5, 5.41) is 12.5. The van der Waals surface area contributed by atoms with Crippen LogP contribution >= 0.6 is 0 Å². The fourth-order valence-electron chi connectivity index (χ4n) is 4.82. The molecule has 1 heterocycles. The number of nitrogens with zero attached hydrogens (tertiary/aromatic N) is 1. The summed E-state index contributed by atoms with van der Waals surface area (Å²) in [5.41, 5.74) is 1.79. The molecule has 0 spiro atoms. The van der Waals surface area contributed by atoms with Gasteiger partial charge >= 0.3 is 5.97 Å². The molecule has 0 radical (unpaired) electrons. The number of carbonyl (C=O) groups excluding carboxylic acids is 1. The number of aryl methyl sites for hydroxylation is 2. The van der Waals surface area contributed by atoms with E-state index in [9.17, 15) is 14.7 Å². The lowest BCUT2D eigenvalue weighted by molar-refractivity contribution is -0.148. The van der Waals surface area contributed by atoms with Crippen molar-refractivity contribution in [2.24, 2.45) is 5.92 Å². The zero-order chi connectivity index (χ0) is 22.7. The maximum absolute atomic E-state index is 12.9. The van der Waals surface area contributed by atoms with E-state index in [-0.39, 0.29) is 17.9 Å². The highest BCUT2D eigenvalue weighted by atomic mass is 16.5. The number of aromatic nitrogens is 1. The Balaban J connectivity index is 1.34. The zero-order valence-electron chi connectivity index (χ0n) is 18.9. The van der Waals surface area contributed by atoms with E-state index in [4.69, 9.17) is 9.15 Å². The standard InChI is InChI=1S/C25H32N2O5/c1-16-8-10-18(11-9-16)23-26-21(17(2)32-23)15-31-20-7-5-6-19(14-20)22(28)27-25(24(29)30)12-3-4-13-25/h8-11,19-20H,3-7,12-15H2,1-2H3,(H,27,28)(H,29,30). The van der Waals surface area contributed by atoms with Crippen molar-refractivity contribution in [3.8, 4) is 11.5 Å². The highest BCUT2D eigenvalue weighted by Gasteiger charge is 2.44. The van der Waals surface area contributed by atoms with Crippen LogP contribution in [0.4, 0.5) is 0 Å². The summed E-state index contributed by atoms with van der Waals surface area (Å²) in [6.45, 7) is 4.25. The van der Waals surface area contributed by atoms with Crippen molar-refractivity contribution in [1.82, 2.24) is 10.3 Å². The summed E-state index contributed by atoms with van der Waals surface area (Å²) in [7, 11) is 0. The maximum Gasteiger partial charge on any atom is 0.329 e. The summed E-state index contributed by atoms with van der Waals surface area (Å²) in [5.74, 6) is 0.0275. The monoisotopic (exact) mass is 440 g/mol. The van der Waals surface area contributed by atoms with Crippen LogP contribution in [0.3, 0.4) is 0 Å². The fourth-order valence-corrected chi connectivity index (χ4v) is 4.82. The van der Waals surface area contributed by atoms with E-state index < -0.39 is 11.5 Å². The molecule has 2 unspecified atom stereocenters. The number of rotatable bonds is 7. The van der Waals surface area contributed by atoms with E-state index in [0.29, 0.717) is 31.8 Å². The van der Waals surface area contributed by atoms with Gasteiger partial charge in [-0.3, -0.25) is 4.79 Å². The number of hydrogen-bond donors (Lipinski definition) is 2. The molecule has 2 saturated carbocycles. The van der Waals surface area contributed by atoms with Gasteiger partial charge in [-0.25, -0.2) is 9.78 Å². The first kappa shape index (κ1) is 22.5. The largest absolute Gasteiger partial charge is 0.480 e. The van der Waals surface area contributed by atoms with Crippen LogP contribution in [0.15, 0.2) is 28.7 Å². The van der Waals surface area contributed by atoms with Gasteiger partial charge in [-0.1, -0.05) is 37.0 Å². The van der Waals surface area contributed by atoms with Crippen molar-refractivity contribution in [3.05, 3.63) is 41.3 Å². The zero-order valence-corrected chi connectivity index (χ0v) is 18.9. The molecule has 2 fully saturated rings. The van der Waals surface area contributed by atoms with E-state index in [1.165, 1.54) is 5.56 Å². The topological polar surface area (TPSA) is 102 Å². The molecule has 32 heavy (non-hydrogen) atoms. The molecule has 0 aliphatic heterocycles. The Labute approximate surface area is 188 Å². The third-order valence-corrected chi connectivity index (χ3v) is 6.87. The predicted octanol–water partition coefficient (Wildman–Crippen LogP) is 4.55. The number of amides is 1. The number of carboxylic acid groups (broad SMARTS) is 1. The van der Waals surface area contributed by atoms with E-state index >= 15 is 0 Å². The summed E-state index contributed by atoms with van der Waals surface area (Å²) in [6.07, 6.45) is 5.78. The van der Waals surface area contributed by atoms with Gasteiger partial charge in [-0.2, -0.15) is 0 Å². The van der Waals surface area contributed by atoms with Crippen LogP contribution in [0.25, 0.3) is 11.5 Å². The highest BCUT2D eigenvalue weighted by Crippen LogP contribution is 2.33. The average molecular weight is 441 g/mol. The second-order valence-electron chi connectivity index (χ2n) is 9.27. The molecular formula is C25H32N2O5. The number of carboxylic acids is 1. The first-order valence-corrected chi connectivity index (χ1v) is 11.6. The second-order valence-corrected chi connectivity index (χ2v) is 9.27. The summed E-state index contributed by atoms with van der Waals surface area (Å²) in [4.78, 5) is 29.2. The lowest BCUT2D eigenvalue weighted by Gasteiger charge is -2.32. The minimum atomic E-state index is -1.09. The average Bonchev–Trinajstić information content (AvgIpc) is 3.40. The molecule has 172 valence electrons. The predicted molar refractivity (Wildman–Crippen MR) is 119 cm³/mol. The summed E-state index contributed by atoms with van der Waals surface area (Å²) < 4.78 is 12.0. The Morgan fingerprint density at radius 1 is 1.16 bits per heavy atom. The second kappa shape index (κ2) is 9.45. The number of nitrogens with one attached hydrogen (secondary N) is 1. The third-order valence-electron chi connectivity index (χ3n) is 6.87. The number of hydrogen-bond acceptors (Lipinski definition) is 5. The Kier molecular flexibility index (Phi) is 6.65. The van der Waals surface area contributed by atoms with E-state index in [1.807, 2.05) is 38.1 Å². The van der Waals surface area contributed by atoms with Crippen molar-refractivity contribution in [2.75, 3.05) is 0 Å². The van der Waals surface area contributed by atoms with Gasteiger partial charge < -0.3 is 19.6 Å². The summed E-state index contributed by atoms with van der Waals surface area (Å²) in [6, 6.07) is 8.03. The maximum atomic E-state index is 12.9. The van der Waals surface area contributed by atoms with Crippen LogP contribution in [0, 0.1) is 19.8 Å². The van der Waals surface area contributed by atoms with Gasteiger partial charge in [0.25, 0.3) is 0 Å². The van der Waals surface area contributed by atoms with E-state index in [0.717, 1.165) is 49.1 Å². The first-order chi connectivity index (χ1) is 15.4. The van der Waals surface area contributed by atoms with Crippen molar-refractivity contribution in [2.45, 2.75) is 83.5 Å². The van der Waals surface area contributed by atoms with Crippen LogP contribution in [-0.4, -0.2) is 33.6 Å². The minimum Gasteiger partial charge on any atom is -0.480 e. The molecule has 1 aromatic heterocycles. The van der Waals surface area contributed by atoms with Gasteiger partial charge in [-0.15, -0.1) is 0 Å². The summed E-state index contributed by atoms with van der Waals surface area (Å²) >= 11 is 0. The molecule has 2 N–H and O–H groups in total. The minimum absolute atomic E-state index is 0.0530. The van der Waals surface area contributed by atoms with Crippen LogP contribution < -0.4 is 5.32 Å². The van der Waals surface area contributed by atoms with Gasteiger partial charge in [-0.05, 0) is 58.1 Å².